The second-order valence-electron chi connectivity index (χ2n) is 12.1. The molecule has 0 amide bonds. The molecule has 0 bridgehead atoms. The summed E-state index contributed by atoms with van der Waals surface area (Å²) in [5, 5.41) is 5.00. The second kappa shape index (κ2) is 10.9. The van der Waals surface area contributed by atoms with E-state index in [1.165, 1.54) is 66.1 Å². The van der Waals surface area contributed by atoms with Crippen LogP contribution in [0.3, 0.4) is 0 Å². The van der Waals surface area contributed by atoms with Gasteiger partial charge in [0.1, 0.15) is 0 Å². The number of fused-ring (bicyclic) bond motifs is 5. The van der Waals surface area contributed by atoms with E-state index in [1.54, 1.807) is 0 Å². The van der Waals surface area contributed by atoms with Crippen molar-refractivity contribution in [3.63, 3.8) is 0 Å². The van der Waals surface area contributed by atoms with Crippen molar-refractivity contribution in [3.05, 3.63) is 187 Å². The molecule has 0 aliphatic heterocycles. The van der Waals surface area contributed by atoms with Crippen LogP contribution in [0.25, 0.3) is 54.9 Å². The van der Waals surface area contributed by atoms with Crippen LogP contribution in [0.4, 0.5) is 17.1 Å². The van der Waals surface area contributed by atoms with Crippen molar-refractivity contribution in [1.82, 2.24) is 0 Å². The van der Waals surface area contributed by atoms with E-state index in [-0.39, 0.29) is 0 Å². The van der Waals surface area contributed by atoms with Crippen LogP contribution < -0.4 is 4.90 Å². The van der Waals surface area contributed by atoms with Gasteiger partial charge in [0, 0.05) is 16.9 Å². The van der Waals surface area contributed by atoms with Gasteiger partial charge in [-0.15, -0.1) is 0 Å². The summed E-state index contributed by atoms with van der Waals surface area (Å²) in [5.74, 6) is 0. The van der Waals surface area contributed by atoms with E-state index in [1.807, 2.05) is 0 Å². The SMILES string of the molecule is c1ccc(-c2ccccc2N(c2ccc3c(c2)Cc2ccccc2-3)c2ccc3cccc(-c4cccc5ccccc45)c3c2)cc1. The maximum absolute atomic E-state index is 2.45. The minimum absolute atomic E-state index is 0.955. The molecule has 0 radical (unpaired) electrons. The Morgan fingerprint density at radius 3 is 1.80 bits per heavy atom. The van der Waals surface area contributed by atoms with Gasteiger partial charge in [-0.1, -0.05) is 146 Å². The van der Waals surface area contributed by atoms with Gasteiger partial charge in [-0.2, -0.15) is 0 Å². The summed E-state index contributed by atoms with van der Waals surface area (Å²) in [6.07, 6.45) is 0.955. The normalized spacial score (nSPS) is 11.8. The van der Waals surface area contributed by atoms with Gasteiger partial charge in [0.15, 0.2) is 0 Å². The fourth-order valence-electron chi connectivity index (χ4n) is 7.32. The molecule has 1 nitrogen and oxygen atoms in total. The van der Waals surface area contributed by atoms with Gasteiger partial charge in [0.2, 0.25) is 0 Å². The molecule has 9 rings (SSSR count). The number of nitrogens with zero attached hydrogens (tertiary/aromatic N) is 1. The average molecular weight is 586 g/mol. The number of hydrogen-bond acceptors (Lipinski definition) is 1. The van der Waals surface area contributed by atoms with Crippen LogP contribution in [0, 0.1) is 0 Å². The van der Waals surface area contributed by atoms with Crippen molar-refractivity contribution in [2.45, 2.75) is 6.42 Å². The molecule has 0 atom stereocenters. The van der Waals surface area contributed by atoms with Crippen molar-refractivity contribution in [1.29, 1.82) is 0 Å². The van der Waals surface area contributed by atoms with Gasteiger partial charge < -0.3 is 4.90 Å². The van der Waals surface area contributed by atoms with Gasteiger partial charge in [-0.3, -0.25) is 0 Å². The zero-order chi connectivity index (χ0) is 30.5. The third-order valence-electron chi connectivity index (χ3n) is 9.47. The molecule has 1 aliphatic carbocycles. The quantitative estimate of drug-likeness (QED) is 0.194. The second-order valence-corrected chi connectivity index (χ2v) is 12.1. The Bertz CT molecular complexity index is 2400. The molecule has 0 heterocycles. The molecule has 0 saturated carbocycles. The molecule has 8 aromatic rings. The molecular weight excluding hydrogens is 555 g/mol. The van der Waals surface area contributed by atoms with Crippen molar-refractivity contribution in [2.75, 3.05) is 4.90 Å². The van der Waals surface area contributed by atoms with Gasteiger partial charge in [-0.25, -0.2) is 0 Å². The smallest absolute Gasteiger partial charge is 0.0540 e. The Balaban J connectivity index is 1.27. The standard InChI is InChI=1S/C45H31N/c1-2-12-32(13-3-1)41-20-8-9-23-45(41)46(36-26-27-40-35(29-36)28-34-15-5-7-19-39(34)40)37-25-24-33-17-11-22-43(44(33)30-37)42-21-10-16-31-14-4-6-18-38(31)42/h1-27,29-30H,28H2. The highest BCUT2D eigenvalue weighted by molar-refractivity contribution is 6.07. The molecule has 0 fully saturated rings. The Kier molecular flexibility index (Phi) is 6.28. The predicted octanol–water partition coefficient (Wildman–Crippen LogP) is 12.4. The largest absolute Gasteiger partial charge is 0.310 e. The molecular formula is C45H31N. The van der Waals surface area contributed by atoms with E-state index < -0.39 is 0 Å². The third-order valence-corrected chi connectivity index (χ3v) is 9.47. The summed E-state index contributed by atoms with van der Waals surface area (Å²) < 4.78 is 0. The van der Waals surface area contributed by atoms with Gasteiger partial charge in [-0.05, 0) is 97.2 Å². The zero-order valence-corrected chi connectivity index (χ0v) is 25.4. The maximum atomic E-state index is 2.45. The number of anilines is 3. The van der Waals surface area contributed by atoms with E-state index in [9.17, 15) is 0 Å². The Labute approximate surface area is 269 Å². The van der Waals surface area contributed by atoms with Crippen LogP contribution in [-0.4, -0.2) is 0 Å². The molecule has 1 heteroatoms. The third kappa shape index (κ3) is 4.40. The summed E-state index contributed by atoms with van der Waals surface area (Å²) >= 11 is 0. The van der Waals surface area contributed by atoms with Crippen LogP contribution in [0.1, 0.15) is 11.1 Å². The summed E-state index contributed by atoms with van der Waals surface area (Å²) in [4.78, 5) is 2.45. The van der Waals surface area contributed by atoms with Crippen LogP contribution in [0.15, 0.2) is 176 Å². The summed E-state index contributed by atoms with van der Waals surface area (Å²) in [7, 11) is 0. The maximum Gasteiger partial charge on any atom is 0.0540 e. The first kappa shape index (κ1) is 26.5. The summed E-state index contributed by atoms with van der Waals surface area (Å²) in [6, 6.07) is 64.3. The first-order valence-corrected chi connectivity index (χ1v) is 16.0. The van der Waals surface area contributed by atoms with E-state index >= 15 is 0 Å². The fraction of sp³-hybridized carbons (Fsp3) is 0.0222. The molecule has 0 spiro atoms. The Morgan fingerprint density at radius 1 is 0.348 bits per heavy atom. The highest BCUT2D eigenvalue weighted by Crippen LogP contribution is 2.45. The predicted molar refractivity (Wildman–Crippen MR) is 195 cm³/mol. The lowest BCUT2D eigenvalue weighted by Crippen LogP contribution is -2.11. The van der Waals surface area contributed by atoms with Crippen LogP contribution >= 0.6 is 0 Å². The highest BCUT2D eigenvalue weighted by atomic mass is 15.1. The highest BCUT2D eigenvalue weighted by Gasteiger charge is 2.23. The minimum Gasteiger partial charge on any atom is -0.310 e. The number of rotatable bonds is 5. The van der Waals surface area contributed by atoms with Gasteiger partial charge >= 0.3 is 0 Å². The monoisotopic (exact) mass is 585 g/mol. The summed E-state index contributed by atoms with van der Waals surface area (Å²) in [5.41, 5.74) is 13.8. The molecule has 8 aromatic carbocycles. The molecule has 0 aromatic heterocycles. The molecule has 0 N–H and O–H groups in total. The van der Waals surface area contributed by atoms with Crippen LogP contribution in [0.2, 0.25) is 0 Å². The topological polar surface area (TPSA) is 3.24 Å². The molecule has 1 aliphatic rings. The lowest BCUT2D eigenvalue weighted by Gasteiger charge is -2.29. The van der Waals surface area contributed by atoms with Crippen LogP contribution in [-0.2, 0) is 6.42 Å². The molecule has 216 valence electrons. The number of para-hydroxylation sites is 1. The van der Waals surface area contributed by atoms with Gasteiger partial charge in [0.25, 0.3) is 0 Å². The molecule has 0 unspecified atom stereocenters. The van der Waals surface area contributed by atoms with Crippen LogP contribution in [0.5, 0.6) is 0 Å². The average Bonchev–Trinajstić information content (AvgIpc) is 3.50. The van der Waals surface area contributed by atoms with Crippen molar-refractivity contribution >= 4 is 38.6 Å². The van der Waals surface area contributed by atoms with Crippen molar-refractivity contribution < 1.29 is 0 Å². The van der Waals surface area contributed by atoms with Crippen molar-refractivity contribution in [3.8, 4) is 33.4 Å². The zero-order valence-electron chi connectivity index (χ0n) is 25.4. The number of hydrogen-bond donors (Lipinski definition) is 0. The lowest BCUT2D eigenvalue weighted by atomic mass is 9.93. The Hall–Kier alpha value is -5.92. The van der Waals surface area contributed by atoms with E-state index in [2.05, 4.69) is 181 Å². The summed E-state index contributed by atoms with van der Waals surface area (Å²) in [6.45, 7) is 0. The minimum atomic E-state index is 0.955. The van der Waals surface area contributed by atoms with E-state index in [4.69, 9.17) is 0 Å². The first-order valence-electron chi connectivity index (χ1n) is 16.0. The van der Waals surface area contributed by atoms with Gasteiger partial charge in [0.05, 0.1) is 5.69 Å². The van der Waals surface area contributed by atoms with Crippen molar-refractivity contribution in [2.24, 2.45) is 0 Å². The number of benzene rings is 8. The van der Waals surface area contributed by atoms with E-state index in [0.29, 0.717) is 0 Å². The first-order chi connectivity index (χ1) is 22.8. The molecule has 0 saturated heterocycles. The Morgan fingerprint density at radius 2 is 0.935 bits per heavy atom. The van der Waals surface area contributed by atoms with E-state index in [0.717, 1.165) is 23.5 Å². The lowest BCUT2D eigenvalue weighted by molar-refractivity contribution is 1.23. The fourth-order valence-corrected chi connectivity index (χ4v) is 7.32. The molecule has 46 heavy (non-hydrogen) atoms.